The number of aliphatic hydroxyl groups is 3. The van der Waals surface area contributed by atoms with Gasteiger partial charge in [-0.3, -0.25) is 9.59 Å². The van der Waals surface area contributed by atoms with E-state index in [4.69, 9.17) is 14.2 Å². The number of esters is 1. The average Bonchev–Trinajstić information content (AvgIpc) is 3.33. The summed E-state index contributed by atoms with van der Waals surface area (Å²) in [5.41, 5.74) is -3.39. The van der Waals surface area contributed by atoms with Crippen molar-refractivity contribution in [3.05, 3.63) is 11.6 Å². The van der Waals surface area contributed by atoms with Gasteiger partial charge >= 0.3 is 5.97 Å². The van der Waals surface area contributed by atoms with E-state index in [9.17, 15) is 24.9 Å². The lowest BCUT2D eigenvalue weighted by atomic mass is 9.50. The molecule has 2 aliphatic carbocycles. The Morgan fingerprint density at radius 1 is 1.44 bits per heavy atom. The first kappa shape index (κ1) is 17.1. The quantitative estimate of drug-likeness (QED) is 0.413. The Morgan fingerprint density at radius 2 is 2.08 bits per heavy atom. The summed E-state index contributed by atoms with van der Waals surface area (Å²) in [7, 11) is 0. The standard InChI is InChI=1S/C17H22O8/c1-7-4-9-16(5-18,12(22)10(7)20)15(3)13(24-8(2)19)11(21)14(25-9)17(15)6-23-17/h4,9,11-14,18,21-22H,5-6H2,1-3H3/t9-,11-,12-,13-,14-,15-,16+,17+/m1/s1. The fourth-order valence-electron chi connectivity index (χ4n) is 5.37. The normalized spacial score (nSPS) is 53.4. The SMILES string of the molecule is CC(=O)O[C@@H]1[C@@H](O)[C@H]2O[C@@H]3C=C(C)C(=O)[C@@H](O)[C@@]3(CO)[C@]1(C)[C@]21CO1. The highest BCUT2D eigenvalue weighted by Gasteiger charge is 2.87. The fraction of sp³-hybridized carbons (Fsp3) is 0.765. The molecule has 8 nitrogen and oxygen atoms in total. The van der Waals surface area contributed by atoms with Crippen molar-refractivity contribution < 1.29 is 39.1 Å². The molecule has 2 saturated heterocycles. The molecule has 8 heteroatoms. The van der Waals surface area contributed by atoms with Crippen LogP contribution in [0.25, 0.3) is 0 Å². The number of ether oxygens (including phenoxy) is 3. The van der Waals surface area contributed by atoms with E-state index in [1.54, 1.807) is 19.9 Å². The molecule has 138 valence electrons. The van der Waals surface area contributed by atoms with Gasteiger partial charge in [0.1, 0.15) is 30.0 Å². The number of aliphatic hydroxyl groups excluding tert-OH is 3. The lowest BCUT2D eigenvalue weighted by Crippen LogP contribution is -2.72. The Kier molecular flexibility index (Phi) is 3.35. The van der Waals surface area contributed by atoms with E-state index in [1.165, 1.54) is 6.92 Å². The van der Waals surface area contributed by atoms with Gasteiger partial charge < -0.3 is 29.5 Å². The smallest absolute Gasteiger partial charge is 0.303 e. The predicted octanol–water partition coefficient (Wildman–Crippen LogP) is -1.30. The van der Waals surface area contributed by atoms with Crippen molar-refractivity contribution in [1.29, 1.82) is 0 Å². The Labute approximate surface area is 144 Å². The minimum absolute atomic E-state index is 0.223. The van der Waals surface area contributed by atoms with Crippen LogP contribution in [0, 0.1) is 10.8 Å². The van der Waals surface area contributed by atoms with Crippen LogP contribution in [0.5, 0.6) is 0 Å². The summed E-state index contributed by atoms with van der Waals surface area (Å²) in [5, 5.41) is 32.0. The van der Waals surface area contributed by atoms with Gasteiger partial charge in [-0.2, -0.15) is 0 Å². The van der Waals surface area contributed by atoms with Crippen LogP contribution < -0.4 is 0 Å². The molecule has 0 aromatic carbocycles. The third-order valence-corrected chi connectivity index (χ3v) is 6.83. The maximum absolute atomic E-state index is 12.5. The summed E-state index contributed by atoms with van der Waals surface area (Å²) < 4.78 is 17.1. The molecule has 0 amide bonds. The zero-order chi connectivity index (χ0) is 18.4. The van der Waals surface area contributed by atoms with Gasteiger partial charge in [0, 0.05) is 6.92 Å². The number of epoxide rings is 1. The summed E-state index contributed by atoms with van der Waals surface area (Å²) >= 11 is 0. The maximum Gasteiger partial charge on any atom is 0.303 e. The van der Waals surface area contributed by atoms with Crippen LogP contribution in [0.15, 0.2) is 11.6 Å². The molecule has 2 heterocycles. The number of fused-ring (bicyclic) bond motifs is 2. The molecule has 0 unspecified atom stereocenters. The lowest BCUT2D eigenvalue weighted by Gasteiger charge is -2.58. The minimum Gasteiger partial charge on any atom is -0.459 e. The van der Waals surface area contributed by atoms with Gasteiger partial charge in [0.05, 0.1) is 30.1 Å². The first-order chi connectivity index (χ1) is 11.7. The average molecular weight is 354 g/mol. The van der Waals surface area contributed by atoms with Crippen molar-refractivity contribution in [2.75, 3.05) is 13.2 Å². The monoisotopic (exact) mass is 354 g/mol. The number of carbonyl (C=O) groups excluding carboxylic acids is 2. The first-order valence-corrected chi connectivity index (χ1v) is 8.33. The van der Waals surface area contributed by atoms with Crippen LogP contribution in [-0.4, -0.2) is 76.4 Å². The highest BCUT2D eigenvalue weighted by Crippen LogP contribution is 2.71. The van der Waals surface area contributed by atoms with Crippen LogP contribution in [0.3, 0.4) is 0 Å². The zero-order valence-corrected chi connectivity index (χ0v) is 14.3. The van der Waals surface area contributed by atoms with E-state index in [0.29, 0.717) is 5.57 Å². The summed E-state index contributed by atoms with van der Waals surface area (Å²) in [4.78, 5) is 24.1. The van der Waals surface area contributed by atoms with Crippen molar-refractivity contribution in [2.45, 2.75) is 56.9 Å². The molecule has 2 aliphatic heterocycles. The van der Waals surface area contributed by atoms with Crippen LogP contribution in [0.2, 0.25) is 0 Å². The number of carbonyl (C=O) groups is 2. The molecule has 8 atom stereocenters. The largest absolute Gasteiger partial charge is 0.459 e. The summed E-state index contributed by atoms with van der Waals surface area (Å²) in [6, 6.07) is 0. The van der Waals surface area contributed by atoms with E-state index < -0.39 is 65.3 Å². The summed E-state index contributed by atoms with van der Waals surface area (Å²) in [6.07, 6.45) is -3.87. The molecule has 3 fully saturated rings. The third kappa shape index (κ3) is 1.65. The second-order valence-corrected chi connectivity index (χ2v) is 7.69. The van der Waals surface area contributed by atoms with Gasteiger partial charge in [0.15, 0.2) is 5.78 Å². The first-order valence-electron chi connectivity index (χ1n) is 8.33. The summed E-state index contributed by atoms with van der Waals surface area (Å²) in [6.45, 7) is 4.11. The van der Waals surface area contributed by atoms with Crippen LogP contribution in [0.4, 0.5) is 0 Å². The molecular weight excluding hydrogens is 332 g/mol. The molecule has 4 aliphatic rings. The Balaban J connectivity index is 1.96. The molecule has 0 radical (unpaired) electrons. The predicted molar refractivity (Wildman–Crippen MR) is 81.3 cm³/mol. The van der Waals surface area contributed by atoms with Crippen molar-refractivity contribution in [1.82, 2.24) is 0 Å². The molecule has 25 heavy (non-hydrogen) atoms. The molecule has 2 bridgehead atoms. The molecule has 3 N–H and O–H groups in total. The molecular formula is C17H22O8. The molecule has 0 aromatic rings. The number of ketones is 1. The van der Waals surface area contributed by atoms with Gasteiger partial charge in [-0.05, 0) is 18.6 Å². The van der Waals surface area contributed by atoms with Crippen LogP contribution >= 0.6 is 0 Å². The lowest BCUT2D eigenvalue weighted by molar-refractivity contribution is -0.255. The molecule has 4 rings (SSSR count). The Hall–Kier alpha value is -1.32. The van der Waals surface area contributed by atoms with Gasteiger partial charge in [0.2, 0.25) is 0 Å². The van der Waals surface area contributed by atoms with E-state index in [1.807, 2.05) is 0 Å². The maximum atomic E-state index is 12.5. The van der Waals surface area contributed by atoms with E-state index in [-0.39, 0.29) is 6.61 Å². The Bertz CT molecular complexity index is 682. The number of rotatable bonds is 2. The molecule has 1 saturated carbocycles. The highest BCUT2D eigenvalue weighted by molar-refractivity contribution is 6.00. The number of hydrogen-bond acceptors (Lipinski definition) is 8. The van der Waals surface area contributed by atoms with Crippen molar-refractivity contribution in [3.63, 3.8) is 0 Å². The minimum atomic E-state index is -1.57. The number of Topliss-reactive ketones (excluding diaryl/α,β-unsaturated/α-hetero) is 1. The van der Waals surface area contributed by atoms with E-state index in [2.05, 4.69) is 0 Å². The molecule has 0 aromatic heterocycles. The van der Waals surface area contributed by atoms with Crippen molar-refractivity contribution >= 4 is 11.8 Å². The second-order valence-electron chi connectivity index (χ2n) is 7.69. The van der Waals surface area contributed by atoms with Gasteiger partial charge in [-0.15, -0.1) is 0 Å². The topological polar surface area (TPSA) is 126 Å². The number of hydrogen-bond donors (Lipinski definition) is 3. The van der Waals surface area contributed by atoms with Crippen molar-refractivity contribution in [3.8, 4) is 0 Å². The van der Waals surface area contributed by atoms with Crippen LogP contribution in [-0.2, 0) is 23.8 Å². The van der Waals surface area contributed by atoms with Crippen molar-refractivity contribution in [2.24, 2.45) is 10.8 Å². The van der Waals surface area contributed by atoms with E-state index in [0.717, 1.165) is 0 Å². The zero-order valence-electron chi connectivity index (χ0n) is 14.3. The Morgan fingerprint density at radius 3 is 2.60 bits per heavy atom. The van der Waals surface area contributed by atoms with Crippen LogP contribution in [0.1, 0.15) is 20.8 Å². The summed E-state index contributed by atoms with van der Waals surface area (Å²) in [5.74, 6) is -1.13. The van der Waals surface area contributed by atoms with Gasteiger partial charge in [-0.1, -0.05) is 6.92 Å². The fourth-order valence-corrected chi connectivity index (χ4v) is 5.37. The van der Waals surface area contributed by atoms with Gasteiger partial charge in [-0.25, -0.2) is 0 Å². The second kappa shape index (κ2) is 4.89. The highest BCUT2D eigenvalue weighted by atomic mass is 16.7. The third-order valence-electron chi connectivity index (χ3n) is 6.83. The molecule has 1 spiro atoms. The van der Waals surface area contributed by atoms with E-state index >= 15 is 0 Å². The van der Waals surface area contributed by atoms with Gasteiger partial charge in [0.25, 0.3) is 0 Å².